The molecule has 1 aliphatic rings. The molecule has 1 aliphatic heterocycles. The normalized spacial score (nSPS) is 13.7. The van der Waals surface area contributed by atoms with E-state index in [2.05, 4.69) is 10.2 Å². The average molecular weight is 299 g/mol. The Hall–Kier alpha value is -2.63. The molecule has 0 saturated heterocycles. The van der Waals surface area contributed by atoms with Gasteiger partial charge in [0.15, 0.2) is 0 Å². The molecule has 0 unspecified atom stereocenters. The van der Waals surface area contributed by atoms with Crippen molar-refractivity contribution in [2.75, 3.05) is 6.54 Å². The van der Waals surface area contributed by atoms with Gasteiger partial charge in [0.05, 0.1) is 12.1 Å². The number of carboxylic acid groups (broad SMARTS) is 1. The maximum atomic E-state index is 12.5. The summed E-state index contributed by atoms with van der Waals surface area (Å²) >= 11 is 0. The number of benzene rings is 1. The van der Waals surface area contributed by atoms with Crippen LogP contribution in [0.5, 0.6) is 0 Å². The molecule has 1 amide bonds. The van der Waals surface area contributed by atoms with E-state index in [9.17, 15) is 9.59 Å². The molecule has 0 aliphatic carbocycles. The summed E-state index contributed by atoms with van der Waals surface area (Å²) in [4.78, 5) is 25.0. The third-order valence-corrected chi connectivity index (χ3v) is 3.90. The molecular formula is C16H17N3O3. The molecule has 2 heterocycles. The minimum atomic E-state index is -0.837. The van der Waals surface area contributed by atoms with E-state index in [1.165, 1.54) is 0 Å². The number of hydrogen-bond donors (Lipinski definition) is 2. The fourth-order valence-corrected chi connectivity index (χ4v) is 2.72. The Morgan fingerprint density at radius 2 is 2.05 bits per heavy atom. The van der Waals surface area contributed by atoms with Gasteiger partial charge in [-0.2, -0.15) is 5.10 Å². The Labute approximate surface area is 127 Å². The van der Waals surface area contributed by atoms with Crippen LogP contribution in [0.1, 0.15) is 33.7 Å². The number of amides is 1. The van der Waals surface area contributed by atoms with Crippen LogP contribution in [-0.4, -0.2) is 38.6 Å². The van der Waals surface area contributed by atoms with E-state index < -0.39 is 5.97 Å². The minimum absolute atomic E-state index is 0.00312. The molecule has 0 bridgehead atoms. The highest BCUT2D eigenvalue weighted by molar-refractivity contribution is 5.94. The minimum Gasteiger partial charge on any atom is -0.481 e. The monoisotopic (exact) mass is 299 g/mol. The van der Waals surface area contributed by atoms with Crippen molar-refractivity contribution in [3.63, 3.8) is 0 Å². The highest BCUT2D eigenvalue weighted by Crippen LogP contribution is 2.22. The summed E-state index contributed by atoms with van der Waals surface area (Å²) < 4.78 is 0. The molecule has 6 heteroatoms. The lowest BCUT2D eigenvalue weighted by molar-refractivity contribution is -0.136. The number of fused-ring (bicyclic) bond motifs is 1. The van der Waals surface area contributed by atoms with Gasteiger partial charge in [-0.3, -0.25) is 14.7 Å². The van der Waals surface area contributed by atoms with Gasteiger partial charge >= 0.3 is 5.97 Å². The third-order valence-electron chi connectivity index (χ3n) is 3.90. The van der Waals surface area contributed by atoms with Crippen LogP contribution in [0, 0.1) is 0 Å². The SMILES string of the molecule is O=C(O)CCc1[nH]nc2c1CN(C(=O)c1ccccc1)CC2. The fourth-order valence-electron chi connectivity index (χ4n) is 2.72. The van der Waals surface area contributed by atoms with E-state index in [0.717, 1.165) is 17.0 Å². The molecule has 3 rings (SSSR count). The van der Waals surface area contributed by atoms with Gasteiger partial charge < -0.3 is 10.0 Å². The largest absolute Gasteiger partial charge is 0.481 e. The third kappa shape index (κ3) is 2.86. The van der Waals surface area contributed by atoms with Crippen molar-refractivity contribution < 1.29 is 14.7 Å². The molecular weight excluding hydrogens is 282 g/mol. The number of nitrogens with one attached hydrogen (secondary N) is 1. The van der Waals surface area contributed by atoms with Gasteiger partial charge in [-0.05, 0) is 18.6 Å². The summed E-state index contributed by atoms with van der Waals surface area (Å²) in [7, 11) is 0. The second-order valence-electron chi connectivity index (χ2n) is 5.36. The first-order valence-electron chi connectivity index (χ1n) is 7.26. The maximum absolute atomic E-state index is 12.5. The molecule has 0 atom stereocenters. The average Bonchev–Trinajstić information content (AvgIpc) is 2.95. The summed E-state index contributed by atoms with van der Waals surface area (Å²) in [5.74, 6) is -0.840. The van der Waals surface area contributed by atoms with Crippen molar-refractivity contribution in [2.45, 2.75) is 25.8 Å². The van der Waals surface area contributed by atoms with Gasteiger partial charge in [0.2, 0.25) is 0 Å². The predicted molar refractivity (Wildman–Crippen MR) is 79.4 cm³/mol. The second-order valence-corrected chi connectivity index (χ2v) is 5.36. The van der Waals surface area contributed by atoms with Crippen molar-refractivity contribution >= 4 is 11.9 Å². The van der Waals surface area contributed by atoms with Crippen LogP contribution in [0.2, 0.25) is 0 Å². The van der Waals surface area contributed by atoms with Gasteiger partial charge in [0, 0.05) is 36.3 Å². The lowest BCUT2D eigenvalue weighted by atomic mass is 10.0. The van der Waals surface area contributed by atoms with E-state index in [0.29, 0.717) is 31.5 Å². The Morgan fingerprint density at radius 3 is 2.77 bits per heavy atom. The summed E-state index contributed by atoms with van der Waals surface area (Å²) in [6, 6.07) is 9.18. The number of carboxylic acids is 1. The number of aryl methyl sites for hydroxylation is 1. The van der Waals surface area contributed by atoms with Gasteiger partial charge in [-0.15, -0.1) is 0 Å². The lowest BCUT2D eigenvalue weighted by Crippen LogP contribution is -2.36. The van der Waals surface area contributed by atoms with Crippen LogP contribution >= 0.6 is 0 Å². The van der Waals surface area contributed by atoms with Gasteiger partial charge in [-0.25, -0.2) is 0 Å². The second kappa shape index (κ2) is 6.01. The summed E-state index contributed by atoms with van der Waals surface area (Å²) in [6.45, 7) is 1.11. The Kier molecular flexibility index (Phi) is 3.91. The van der Waals surface area contributed by atoms with E-state index >= 15 is 0 Å². The molecule has 2 N–H and O–H groups in total. The van der Waals surface area contributed by atoms with E-state index in [1.807, 2.05) is 18.2 Å². The van der Waals surface area contributed by atoms with Crippen molar-refractivity contribution in [3.8, 4) is 0 Å². The molecule has 0 radical (unpaired) electrons. The number of H-pyrrole nitrogens is 1. The quantitative estimate of drug-likeness (QED) is 0.898. The van der Waals surface area contributed by atoms with Crippen LogP contribution in [0.25, 0.3) is 0 Å². The van der Waals surface area contributed by atoms with E-state index in [4.69, 9.17) is 5.11 Å². The lowest BCUT2D eigenvalue weighted by Gasteiger charge is -2.27. The molecule has 2 aromatic rings. The van der Waals surface area contributed by atoms with Crippen LogP contribution in [-0.2, 0) is 24.2 Å². The van der Waals surface area contributed by atoms with E-state index in [1.54, 1.807) is 17.0 Å². The van der Waals surface area contributed by atoms with Gasteiger partial charge in [0.1, 0.15) is 0 Å². The number of hydrogen-bond acceptors (Lipinski definition) is 3. The summed E-state index contributed by atoms with van der Waals surface area (Å²) in [5.41, 5.74) is 3.40. The molecule has 22 heavy (non-hydrogen) atoms. The molecule has 1 aromatic heterocycles. The first-order chi connectivity index (χ1) is 10.6. The zero-order valence-electron chi connectivity index (χ0n) is 12.1. The number of carbonyl (C=O) groups excluding carboxylic acids is 1. The van der Waals surface area contributed by atoms with Crippen LogP contribution in [0.15, 0.2) is 30.3 Å². The van der Waals surface area contributed by atoms with Crippen LogP contribution in [0.4, 0.5) is 0 Å². The van der Waals surface area contributed by atoms with Gasteiger partial charge in [-0.1, -0.05) is 18.2 Å². The Balaban J connectivity index is 1.76. The summed E-state index contributed by atoms with van der Waals surface area (Å²) in [5, 5.41) is 16.0. The standard InChI is InChI=1S/C16H17N3O3/c20-15(21)7-6-13-12-10-19(9-8-14(12)18-17-13)16(22)11-4-2-1-3-5-11/h1-5H,6-10H2,(H,17,18)(H,20,21). The van der Waals surface area contributed by atoms with Crippen molar-refractivity contribution in [1.82, 2.24) is 15.1 Å². The smallest absolute Gasteiger partial charge is 0.303 e. The molecule has 114 valence electrons. The Morgan fingerprint density at radius 1 is 1.27 bits per heavy atom. The van der Waals surface area contributed by atoms with Crippen molar-refractivity contribution in [2.24, 2.45) is 0 Å². The van der Waals surface area contributed by atoms with Crippen molar-refractivity contribution in [1.29, 1.82) is 0 Å². The molecule has 1 aromatic carbocycles. The van der Waals surface area contributed by atoms with Crippen LogP contribution in [0.3, 0.4) is 0 Å². The number of aromatic nitrogens is 2. The first kappa shape index (κ1) is 14.3. The number of carbonyl (C=O) groups is 2. The number of aliphatic carboxylic acids is 1. The molecule has 0 saturated carbocycles. The topological polar surface area (TPSA) is 86.3 Å². The zero-order valence-corrected chi connectivity index (χ0v) is 12.1. The fraction of sp³-hybridized carbons (Fsp3) is 0.312. The van der Waals surface area contributed by atoms with Crippen LogP contribution < -0.4 is 0 Å². The number of rotatable bonds is 4. The van der Waals surface area contributed by atoms with Crippen molar-refractivity contribution in [3.05, 3.63) is 52.8 Å². The Bertz CT molecular complexity index is 694. The van der Waals surface area contributed by atoms with Gasteiger partial charge in [0.25, 0.3) is 5.91 Å². The first-order valence-corrected chi connectivity index (χ1v) is 7.26. The number of nitrogens with zero attached hydrogens (tertiary/aromatic N) is 2. The number of aromatic amines is 1. The zero-order chi connectivity index (χ0) is 15.5. The molecule has 0 fully saturated rings. The highest BCUT2D eigenvalue weighted by Gasteiger charge is 2.25. The molecule has 0 spiro atoms. The summed E-state index contributed by atoms with van der Waals surface area (Å²) in [6.07, 6.45) is 1.16. The highest BCUT2D eigenvalue weighted by atomic mass is 16.4. The molecule has 6 nitrogen and oxygen atoms in total. The maximum Gasteiger partial charge on any atom is 0.303 e. The van der Waals surface area contributed by atoms with E-state index in [-0.39, 0.29) is 12.3 Å². The predicted octanol–water partition coefficient (Wildman–Crippen LogP) is 1.63.